The summed E-state index contributed by atoms with van der Waals surface area (Å²) < 4.78 is 39.4. The summed E-state index contributed by atoms with van der Waals surface area (Å²) in [6.45, 7) is 4.54. The summed E-state index contributed by atoms with van der Waals surface area (Å²) >= 11 is 0. The van der Waals surface area contributed by atoms with Crippen LogP contribution in [0.3, 0.4) is 0 Å². The van der Waals surface area contributed by atoms with Crippen molar-refractivity contribution in [2.45, 2.75) is 39.4 Å². The molecule has 1 aromatic heterocycles. The largest absolute Gasteiger partial charge is 0.481 e. The zero-order chi connectivity index (χ0) is 20.4. The molecule has 0 fully saturated rings. The molecule has 1 heterocycles. The molecular weight excluding hydrogens is 363 g/mol. The maximum absolute atomic E-state index is 13.1. The van der Waals surface area contributed by atoms with Gasteiger partial charge in [0.25, 0.3) is 0 Å². The van der Waals surface area contributed by atoms with Gasteiger partial charge < -0.3 is 10.4 Å². The number of rotatable bonds is 6. The highest BCUT2D eigenvalue weighted by Gasteiger charge is 2.33. The maximum Gasteiger partial charge on any atom is 0.416 e. The Morgan fingerprint density at radius 1 is 1.30 bits per heavy atom. The molecule has 9 heteroatoms. The van der Waals surface area contributed by atoms with Crippen LogP contribution in [0.1, 0.15) is 51.5 Å². The first-order valence-electron chi connectivity index (χ1n) is 8.02. The molecule has 144 valence electrons. The van der Waals surface area contributed by atoms with E-state index in [1.807, 2.05) is 0 Å². The molecule has 0 amide bonds. The van der Waals surface area contributed by atoms with Crippen LogP contribution < -0.4 is 5.32 Å². The molecule has 6 nitrogen and oxygen atoms in total. The van der Waals surface area contributed by atoms with Crippen LogP contribution in [0.15, 0.2) is 18.2 Å². The lowest BCUT2D eigenvalue weighted by molar-refractivity contribution is -0.138. The van der Waals surface area contributed by atoms with E-state index in [9.17, 15) is 22.8 Å². The summed E-state index contributed by atoms with van der Waals surface area (Å²) in [4.78, 5) is 30.5. The molecule has 2 aromatic rings. The average Bonchev–Trinajstić information content (AvgIpc) is 2.53. The first kappa shape index (κ1) is 20.3. The van der Waals surface area contributed by atoms with Gasteiger partial charge in [0, 0.05) is 0 Å². The quantitative estimate of drug-likeness (QED) is 0.741. The van der Waals surface area contributed by atoms with Gasteiger partial charge in [0.05, 0.1) is 29.3 Å². The van der Waals surface area contributed by atoms with Gasteiger partial charge in [-0.15, -0.1) is 0 Å². The second-order valence-corrected chi connectivity index (χ2v) is 6.05. The molecule has 0 spiro atoms. The van der Waals surface area contributed by atoms with Crippen molar-refractivity contribution >= 4 is 18.1 Å². The molecular formula is C18H18F3N3O3. The van der Waals surface area contributed by atoms with Crippen molar-refractivity contribution in [2.24, 2.45) is 0 Å². The van der Waals surface area contributed by atoms with Crippen molar-refractivity contribution in [3.05, 3.63) is 52.0 Å². The Morgan fingerprint density at radius 3 is 2.52 bits per heavy atom. The van der Waals surface area contributed by atoms with Crippen molar-refractivity contribution in [2.75, 3.05) is 5.32 Å². The smallest absolute Gasteiger partial charge is 0.416 e. The number of alkyl halides is 3. The predicted molar refractivity (Wildman–Crippen MR) is 91.7 cm³/mol. The van der Waals surface area contributed by atoms with Crippen LogP contribution >= 0.6 is 0 Å². The number of aliphatic carboxylic acids is 1. The number of hydrogen-bond donors (Lipinski definition) is 2. The monoisotopic (exact) mass is 381 g/mol. The third-order valence-electron chi connectivity index (χ3n) is 4.07. The summed E-state index contributed by atoms with van der Waals surface area (Å²) in [6, 6.07) is 3.25. The van der Waals surface area contributed by atoms with E-state index in [2.05, 4.69) is 15.3 Å². The zero-order valence-corrected chi connectivity index (χ0v) is 14.9. The number of hydrogen-bond acceptors (Lipinski definition) is 5. The van der Waals surface area contributed by atoms with Gasteiger partial charge in [0.2, 0.25) is 0 Å². The number of carboxylic acids is 1. The molecule has 0 aliphatic rings. The Balaban J connectivity index is 2.44. The number of anilines is 1. The zero-order valence-electron chi connectivity index (χ0n) is 14.9. The lowest BCUT2D eigenvalue weighted by atomic mass is 9.97. The lowest BCUT2D eigenvalue weighted by Gasteiger charge is -2.21. The fourth-order valence-electron chi connectivity index (χ4n) is 2.86. The number of nitrogens with one attached hydrogen (secondary N) is 1. The first-order valence-corrected chi connectivity index (χ1v) is 8.02. The molecule has 0 radical (unpaired) electrons. The van der Waals surface area contributed by atoms with Gasteiger partial charge in [0.15, 0.2) is 6.29 Å². The average molecular weight is 381 g/mol. The Kier molecular flexibility index (Phi) is 5.82. The molecule has 0 bridgehead atoms. The molecule has 0 saturated carbocycles. The Bertz CT molecular complexity index is 882. The summed E-state index contributed by atoms with van der Waals surface area (Å²) in [7, 11) is 0. The lowest BCUT2D eigenvalue weighted by Crippen LogP contribution is -2.17. The minimum absolute atomic E-state index is 0.0283. The highest BCUT2D eigenvalue weighted by atomic mass is 19.4. The van der Waals surface area contributed by atoms with E-state index in [1.165, 1.54) is 19.9 Å². The van der Waals surface area contributed by atoms with Gasteiger partial charge in [-0.3, -0.25) is 9.59 Å². The molecule has 1 aromatic carbocycles. The van der Waals surface area contributed by atoms with Crippen LogP contribution in [0, 0.1) is 13.8 Å². The minimum Gasteiger partial charge on any atom is -0.481 e. The Morgan fingerprint density at radius 2 is 1.96 bits per heavy atom. The standard InChI is InChI=1S/C18H18F3N3O3/c1-9-12(5-4-6-14(9)18(19,20)21)10(2)22-17-13(8-25)15(7-16(26)27)23-11(3)24-17/h4-6,8,10H,7H2,1-3H3,(H,26,27)(H,22,23,24)/t10-/m1/s1. The number of aryl methyl sites for hydroxylation is 1. The molecule has 2 N–H and O–H groups in total. The highest BCUT2D eigenvalue weighted by Crippen LogP contribution is 2.35. The molecule has 2 rings (SSSR count). The Labute approximate surface area is 153 Å². The second kappa shape index (κ2) is 7.73. The topological polar surface area (TPSA) is 92.2 Å². The van der Waals surface area contributed by atoms with Crippen LogP contribution in [0.4, 0.5) is 19.0 Å². The van der Waals surface area contributed by atoms with Crippen LogP contribution in [-0.4, -0.2) is 27.3 Å². The van der Waals surface area contributed by atoms with Gasteiger partial charge in [-0.1, -0.05) is 12.1 Å². The van der Waals surface area contributed by atoms with E-state index in [4.69, 9.17) is 5.11 Å². The van der Waals surface area contributed by atoms with Crippen LogP contribution in [-0.2, 0) is 17.4 Å². The summed E-state index contributed by atoms with van der Waals surface area (Å²) in [5.41, 5.74) is -0.276. The van der Waals surface area contributed by atoms with Gasteiger partial charge in [-0.2, -0.15) is 13.2 Å². The van der Waals surface area contributed by atoms with Crippen molar-refractivity contribution < 1.29 is 27.9 Å². The summed E-state index contributed by atoms with van der Waals surface area (Å²) in [5.74, 6) is -0.839. The Hall–Kier alpha value is -2.97. The fourth-order valence-corrected chi connectivity index (χ4v) is 2.86. The van der Waals surface area contributed by atoms with Crippen molar-refractivity contribution in [3.8, 4) is 0 Å². The van der Waals surface area contributed by atoms with Crippen molar-refractivity contribution in [3.63, 3.8) is 0 Å². The molecule has 0 saturated heterocycles. The molecule has 0 aliphatic heterocycles. The van der Waals surface area contributed by atoms with Crippen molar-refractivity contribution in [1.82, 2.24) is 9.97 Å². The van der Waals surface area contributed by atoms with Crippen LogP contribution in [0.5, 0.6) is 0 Å². The van der Waals surface area contributed by atoms with E-state index >= 15 is 0 Å². The molecule has 27 heavy (non-hydrogen) atoms. The molecule has 0 unspecified atom stereocenters. The number of aldehydes is 1. The predicted octanol–water partition coefficient (Wildman–Crippen LogP) is 3.72. The molecule has 1 atom stereocenters. The number of aromatic nitrogens is 2. The number of carbonyl (C=O) groups excluding carboxylic acids is 1. The van der Waals surface area contributed by atoms with Gasteiger partial charge >= 0.3 is 12.1 Å². The van der Waals surface area contributed by atoms with Crippen LogP contribution in [0.2, 0.25) is 0 Å². The number of halogens is 3. The number of nitrogens with zero attached hydrogens (tertiary/aromatic N) is 2. The van der Waals surface area contributed by atoms with Crippen molar-refractivity contribution in [1.29, 1.82) is 0 Å². The van der Waals surface area contributed by atoms with E-state index in [-0.39, 0.29) is 28.5 Å². The van der Waals surface area contributed by atoms with Gasteiger partial charge in [-0.05, 0) is 38.0 Å². The van der Waals surface area contributed by atoms with E-state index in [0.717, 1.165) is 6.07 Å². The number of carbonyl (C=O) groups is 2. The van der Waals surface area contributed by atoms with E-state index in [0.29, 0.717) is 11.8 Å². The third-order valence-corrected chi connectivity index (χ3v) is 4.07. The fraction of sp³-hybridized carbons (Fsp3) is 0.333. The molecule has 0 aliphatic carbocycles. The third kappa shape index (κ3) is 4.60. The summed E-state index contributed by atoms with van der Waals surface area (Å²) in [6.07, 6.45) is -4.51. The number of carboxylic acid groups (broad SMARTS) is 1. The van der Waals surface area contributed by atoms with E-state index < -0.39 is 30.2 Å². The highest BCUT2D eigenvalue weighted by molar-refractivity contribution is 5.86. The maximum atomic E-state index is 13.1. The minimum atomic E-state index is -4.48. The second-order valence-electron chi connectivity index (χ2n) is 6.05. The number of benzene rings is 1. The SMILES string of the molecule is Cc1nc(CC(=O)O)c(C=O)c(N[C@H](C)c2cccc(C(F)(F)F)c2C)n1. The van der Waals surface area contributed by atoms with Crippen LogP contribution in [0.25, 0.3) is 0 Å². The van der Waals surface area contributed by atoms with Gasteiger partial charge in [-0.25, -0.2) is 9.97 Å². The first-order chi connectivity index (χ1) is 12.5. The summed E-state index contributed by atoms with van der Waals surface area (Å²) in [5, 5.41) is 11.9. The normalized spacial score (nSPS) is 12.5. The van der Waals surface area contributed by atoms with Gasteiger partial charge in [0.1, 0.15) is 11.6 Å². The van der Waals surface area contributed by atoms with E-state index in [1.54, 1.807) is 13.0 Å².